The first-order valence-corrected chi connectivity index (χ1v) is 0. The van der Waals surface area contributed by atoms with Gasteiger partial charge in [0.2, 0.25) is 0 Å². The molecule has 0 N–H and O–H groups in total. The van der Waals surface area contributed by atoms with Gasteiger partial charge < -0.3 is 0 Å². The van der Waals surface area contributed by atoms with Gasteiger partial charge in [-0.1, -0.05) is 0 Å². The van der Waals surface area contributed by atoms with Crippen LogP contribution in [0.1, 0.15) is 0 Å². The molecule has 0 saturated heterocycles. The van der Waals surface area contributed by atoms with Crippen molar-refractivity contribution in [2.24, 2.45) is 0 Å². The Balaban J connectivity index is 0. The summed E-state index contributed by atoms with van der Waals surface area (Å²) in [4.78, 5) is 0. The summed E-state index contributed by atoms with van der Waals surface area (Å²) in [5.74, 6) is 0. The number of rotatable bonds is 0. The van der Waals surface area contributed by atoms with Gasteiger partial charge in [-0.15, -0.1) is 0 Å². The van der Waals surface area contributed by atoms with Gasteiger partial charge in [-0.25, -0.2) is 0 Å². The Kier molecular flexibility index (Phi) is 179. The molecule has 0 saturated carbocycles. The summed E-state index contributed by atoms with van der Waals surface area (Å²) < 4.78 is 0. The van der Waals surface area contributed by atoms with Crippen molar-refractivity contribution in [3.8, 4) is 0 Å². The maximum atomic E-state index is 0. The van der Waals surface area contributed by atoms with Gasteiger partial charge in [0.05, 0.1) is 0 Å². The summed E-state index contributed by atoms with van der Waals surface area (Å²) in [6.07, 6.45) is 0. The maximum Gasteiger partial charge on any atom is 0 e. The predicted octanol–water partition coefficient (Wildman–Crippen LogP) is 0.475. The molecule has 0 aromatic rings. The summed E-state index contributed by atoms with van der Waals surface area (Å²) in [5, 5.41) is 0. The molecule has 0 heterocycles. The Morgan fingerprint density at radius 3 is 1.00 bits per heavy atom. The van der Waals surface area contributed by atoms with Crippen LogP contribution >= 0.6 is 9.90 Å². The molecular formula is FeLiMnP. The molecule has 0 aliphatic rings. The Morgan fingerprint density at radius 2 is 1.00 bits per heavy atom. The van der Waals surface area contributed by atoms with E-state index in [0.29, 0.717) is 0 Å². The molecule has 4 heteroatoms. The molecule has 0 amide bonds. The second-order valence-corrected chi connectivity index (χ2v) is 0. The van der Waals surface area contributed by atoms with E-state index >= 15 is 0 Å². The van der Waals surface area contributed by atoms with Crippen molar-refractivity contribution in [3.63, 3.8) is 0 Å². The molecule has 0 atom stereocenters. The standard InChI is InChI=1S/Fe.Li.Mn.P. The first kappa shape index (κ1) is 36.5. The molecule has 5 radical (unpaired) electrons. The molecule has 0 bridgehead atoms. The Morgan fingerprint density at radius 1 is 1.00 bits per heavy atom. The van der Waals surface area contributed by atoms with E-state index in [-0.39, 0.29) is 62.9 Å². The molecule has 0 nitrogen and oxygen atoms in total. The van der Waals surface area contributed by atoms with Gasteiger partial charge in [0, 0.05) is 62.9 Å². The van der Waals surface area contributed by atoms with Crippen LogP contribution in [-0.4, -0.2) is 18.9 Å². The van der Waals surface area contributed by atoms with Crippen LogP contribution in [0.25, 0.3) is 0 Å². The van der Waals surface area contributed by atoms with Crippen molar-refractivity contribution in [1.82, 2.24) is 0 Å². The van der Waals surface area contributed by atoms with Gasteiger partial charge in [0.15, 0.2) is 0 Å². The average Bonchev–Trinajstić information content (AvgIpc) is 0. The zero-order valence-corrected chi connectivity index (χ0v) is 5.36. The average molecular weight is 149 g/mol. The van der Waals surface area contributed by atoms with E-state index in [4.69, 9.17) is 0 Å². The Hall–Kier alpha value is 2.07. The third-order valence-electron chi connectivity index (χ3n) is 0. The van der Waals surface area contributed by atoms with Crippen molar-refractivity contribution in [2.45, 2.75) is 0 Å². The zero-order valence-electron chi connectivity index (χ0n) is 2.18. The fourth-order valence-electron chi connectivity index (χ4n) is 0. The minimum absolute atomic E-state index is 0. The van der Waals surface area contributed by atoms with Gasteiger partial charge in [-0.2, -0.15) is 0 Å². The molecule has 0 aliphatic heterocycles. The first-order chi connectivity index (χ1) is 0. The van der Waals surface area contributed by atoms with Crippen LogP contribution in [0.3, 0.4) is 0 Å². The van der Waals surface area contributed by atoms with Crippen molar-refractivity contribution < 1.29 is 34.1 Å². The smallest absolute Gasteiger partial charge is 0 e. The minimum Gasteiger partial charge on any atom is 0 e. The SMILES string of the molecule is [Fe].[Li].[Mn].[P]. The minimum atomic E-state index is 0. The molecule has 0 aromatic heterocycles. The van der Waals surface area contributed by atoms with Gasteiger partial charge >= 0.3 is 0 Å². The summed E-state index contributed by atoms with van der Waals surface area (Å²) in [6, 6.07) is 0. The van der Waals surface area contributed by atoms with Gasteiger partial charge in [-0.3, -0.25) is 0 Å². The largest absolute Gasteiger partial charge is 0 e. The molecule has 0 fully saturated rings. The molecule has 0 spiro atoms. The number of hydrogen-bond acceptors (Lipinski definition) is 0. The van der Waals surface area contributed by atoms with Crippen molar-refractivity contribution in [3.05, 3.63) is 0 Å². The monoisotopic (exact) mass is 149 g/mol. The van der Waals surface area contributed by atoms with Crippen LogP contribution < -0.4 is 0 Å². The third kappa shape index (κ3) is 8.95. The van der Waals surface area contributed by atoms with E-state index in [9.17, 15) is 0 Å². The second-order valence-electron chi connectivity index (χ2n) is 0. The van der Waals surface area contributed by atoms with Gasteiger partial charge in [-0.05, 0) is 0 Å². The Bertz CT molecular complexity index is 8.00. The van der Waals surface area contributed by atoms with Crippen LogP contribution in [0.4, 0.5) is 0 Å². The van der Waals surface area contributed by atoms with Gasteiger partial charge in [0.25, 0.3) is 0 Å². The maximum absolute atomic E-state index is 0. The molecule has 0 aromatic carbocycles. The summed E-state index contributed by atoms with van der Waals surface area (Å²) in [5.41, 5.74) is 0. The fraction of sp³-hybridized carbons (Fsp3) is 0. The second kappa shape index (κ2) is 19.6. The van der Waals surface area contributed by atoms with E-state index in [2.05, 4.69) is 0 Å². The Labute approximate surface area is 62.6 Å². The molecule has 4 heavy (non-hydrogen) atoms. The van der Waals surface area contributed by atoms with E-state index in [1.54, 1.807) is 0 Å². The van der Waals surface area contributed by atoms with E-state index < -0.39 is 0 Å². The van der Waals surface area contributed by atoms with Crippen molar-refractivity contribution >= 4 is 28.8 Å². The summed E-state index contributed by atoms with van der Waals surface area (Å²) in [6.45, 7) is 0. The van der Waals surface area contributed by atoms with Crippen LogP contribution in [0, 0.1) is 0 Å². The molecule has 0 unspecified atom stereocenters. The van der Waals surface area contributed by atoms with Gasteiger partial charge in [0.1, 0.15) is 0 Å². The first-order valence-electron chi connectivity index (χ1n) is 0. The normalized spacial score (nSPS) is 0. The molecule has 21 valence electrons. The number of hydrogen-bond donors (Lipinski definition) is 0. The van der Waals surface area contributed by atoms with E-state index in [0.717, 1.165) is 0 Å². The van der Waals surface area contributed by atoms with Crippen LogP contribution in [0.15, 0.2) is 0 Å². The summed E-state index contributed by atoms with van der Waals surface area (Å²) >= 11 is 0. The topological polar surface area (TPSA) is 0 Å². The van der Waals surface area contributed by atoms with E-state index in [1.807, 2.05) is 0 Å². The van der Waals surface area contributed by atoms with Crippen molar-refractivity contribution in [1.29, 1.82) is 0 Å². The predicted molar refractivity (Wildman–Crippen MR) is 12.7 cm³/mol. The zero-order chi connectivity index (χ0) is 0. The quantitative estimate of drug-likeness (QED) is 0.346. The van der Waals surface area contributed by atoms with E-state index in [1.165, 1.54) is 0 Å². The van der Waals surface area contributed by atoms with Crippen LogP contribution in [0.2, 0.25) is 0 Å². The van der Waals surface area contributed by atoms with Crippen LogP contribution in [0.5, 0.6) is 0 Å². The van der Waals surface area contributed by atoms with Crippen molar-refractivity contribution in [2.75, 3.05) is 0 Å². The van der Waals surface area contributed by atoms with Crippen LogP contribution in [-0.2, 0) is 34.1 Å². The molecule has 0 rings (SSSR count). The third-order valence-corrected chi connectivity index (χ3v) is 0. The fourth-order valence-corrected chi connectivity index (χ4v) is 0. The summed E-state index contributed by atoms with van der Waals surface area (Å²) in [7, 11) is 0. The molecular weight excluding hydrogens is 149 g/mol. The molecule has 0 aliphatic carbocycles.